The molecule has 4 N–H and O–H groups in total. The molecule has 0 atom stereocenters. The summed E-state index contributed by atoms with van der Waals surface area (Å²) in [6, 6.07) is 0. The Bertz CT molecular complexity index is 592. The van der Waals surface area contributed by atoms with Crippen molar-refractivity contribution < 1.29 is 19.2 Å². The molecule has 8 nitrogen and oxygen atoms in total. The Labute approximate surface area is 211 Å². The molecule has 0 aliphatic rings. The van der Waals surface area contributed by atoms with Gasteiger partial charge in [0.15, 0.2) is 0 Å². The molecule has 0 fully saturated rings. The van der Waals surface area contributed by atoms with Gasteiger partial charge >= 0.3 is 213 Å². The van der Waals surface area contributed by atoms with Crippen LogP contribution < -0.4 is 21.3 Å². The number of hydrogen-bond donors (Lipinski definition) is 4. The van der Waals surface area contributed by atoms with Crippen LogP contribution in [0.3, 0.4) is 0 Å². The van der Waals surface area contributed by atoms with Gasteiger partial charge in [0.2, 0.25) is 0 Å². The van der Waals surface area contributed by atoms with Gasteiger partial charge in [0.05, 0.1) is 0 Å². The molecule has 0 unspecified atom stereocenters. The average Bonchev–Trinajstić information content (AvgIpc) is 2.83. The van der Waals surface area contributed by atoms with Crippen molar-refractivity contribution in [1.29, 1.82) is 0 Å². The summed E-state index contributed by atoms with van der Waals surface area (Å²) in [6.07, 6.45) is 4.96. The van der Waals surface area contributed by atoms with Gasteiger partial charge < -0.3 is 0 Å². The summed E-state index contributed by atoms with van der Waals surface area (Å²) in [5.74, 6) is 2.04. The quantitative estimate of drug-likeness (QED) is 0.0956. The molecular weight excluding hydrogens is 561 g/mol. The predicted molar refractivity (Wildman–Crippen MR) is 148 cm³/mol. The Morgan fingerprint density at radius 3 is 0.909 bits per heavy atom. The maximum absolute atomic E-state index is 11.5. The fraction of sp³-hybridized carbons (Fsp3) is 0.400. The van der Waals surface area contributed by atoms with E-state index in [0.717, 1.165) is 23.0 Å². The van der Waals surface area contributed by atoms with Crippen LogP contribution in [0, 0.1) is 0 Å². The summed E-state index contributed by atoms with van der Waals surface area (Å²) in [4.78, 5) is 45.8. The zero-order valence-corrected chi connectivity index (χ0v) is 23.9. The number of amides is 4. The van der Waals surface area contributed by atoms with Gasteiger partial charge in [-0.25, -0.2) is 0 Å². The van der Waals surface area contributed by atoms with Crippen molar-refractivity contribution in [3.05, 3.63) is 50.6 Å². The standard InChI is InChI=1S/C20H32GeN4O4S4/c1-5-17(26)22-9-13-30-21(31-14-10-23-18(27)6-2,32-15-11-24-19(28)7-3)33-16-12-25-20(29)8-4/h5-8H,1-4,9-16H2,(H,22,26)(H,23,27)(H,24,28)(H,25,29). The second-order valence-corrected chi connectivity index (χ2v) is 38.8. The van der Waals surface area contributed by atoms with Crippen molar-refractivity contribution >= 4 is 72.7 Å². The molecule has 0 saturated heterocycles. The van der Waals surface area contributed by atoms with Crippen molar-refractivity contribution in [3.63, 3.8) is 0 Å². The first-order chi connectivity index (χ1) is 15.8. The van der Waals surface area contributed by atoms with Gasteiger partial charge in [-0.1, -0.05) is 0 Å². The molecule has 0 saturated carbocycles. The molecule has 33 heavy (non-hydrogen) atoms. The zero-order valence-electron chi connectivity index (χ0n) is 18.6. The third-order valence-electron chi connectivity index (χ3n) is 3.46. The first kappa shape index (κ1) is 31.8. The second-order valence-electron chi connectivity index (χ2n) is 5.87. The van der Waals surface area contributed by atoms with Gasteiger partial charge in [0.25, 0.3) is 0 Å². The molecule has 13 heteroatoms. The Kier molecular flexibility index (Phi) is 19.4. The molecule has 0 spiro atoms. The number of nitrogens with one attached hydrogen (secondary N) is 4. The maximum atomic E-state index is 11.5. The third kappa shape index (κ3) is 17.0. The number of carbonyl (C=O) groups excluding carboxylic acids is 4. The van der Waals surface area contributed by atoms with Crippen LogP contribution in [-0.4, -0.2) is 81.5 Å². The molecule has 0 bridgehead atoms. The van der Waals surface area contributed by atoms with E-state index in [1.165, 1.54) is 24.3 Å². The van der Waals surface area contributed by atoms with Crippen LogP contribution in [0.1, 0.15) is 0 Å². The molecule has 0 aliphatic heterocycles. The monoisotopic (exact) mass is 594 g/mol. The minimum atomic E-state index is -2.79. The van der Waals surface area contributed by atoms with Gasteiger partial charge in [-0.15, -0.1) is 0 Å². The summed E-state index contributed by atoms with van der Waals surface area (Å²) in [5.41, 5.74) is 0. The van der Waals surface area contributed by atoms with E-state index in [0.29, 0.717) is 26.2 Å². The van der Waals surface area contributed by atoms with Crippen LogP contribution >= 0.6 is 40.3 Å². The first-order valence-electron chi connectivity index (χ1n) is 9.99. The van der Waals surface area contributed by atoms with Crippen molar-refractivity contribution in [2.24, 2.45) is 0 Å². The molecule has 0 aromatic rings. The number of rotatable bonds is 20. The Morgan fingerprint density at radius 1 is 0.515 bits per heavy atom. The fourth-order valence-corrected chi connectivity index (χ4v) is 39.6. The van der Waals surface area contributed by atoms with E-state index in [1.54, 1.807) is 0 Å². The molecule has 0 rings (SSSR count). The van der Waals surface area contributed by atoms with Gasteiger partial charge in [-0.2, -0.15) is 0 Å². The average molecular weight is 593 g/mol. The van der Waals surface area contributed by atoms with Crippen LogP contribution in [0.2, 0.25) is 0 Å². The summed E-state index contributed by atoms with van der Waals surface area (Å²) >= 11 is 0. The van der Waals surface area contributed by atoms with Gasteiger partial charge in [-0.3, -0.25) is 0 Å². The molecule has 0 aromatic heterocycles. The Balaban J connectivity index is 5.15. The van der Waals surface area contributed by atoms with E-state index in [1.807, 2.05) is 40.3 Å². The molecule has 0 aliphatic carbocycles. The van der Waals surface area contributed by atoms with Crippen LogP contribution in [0.25, 0.3) is 0 Å². The SMILES string of the molecule is C=CC(=O)NCC[S][Ge]([S]CCNC(=O)C=C)([S]CCNC(=O)C=C)[S]CCNC(=O)C=C. The summed E-state index contributed by atoms with van der Waals surface area (Å²) < 4.78 is 0. The minimum absolute atomic E-state index is 0.215. The van der Waals surface area contributed by atoms with Crippen molar-refractivity contribution in [2.75, 3.05) is 49.2 Å². The van der Waals surface area contributed by atoms with E-state index in [2.05, 4.69) is 47.6 Å². The second kappa shape index (κ2) is 20.2. The molecule has 0 heterocycles. The summed E-state index contributed by atoms with van der Waals surface area (Å²) in [7, 11) is 4.59. The van der Waals surface area contributed by atoms with E-state index in [-0.39, 0.29) is 23.6 Å². The first-order valence-corrected chi connectivity index (χ1v) is 24.2. The predicted octanol–water partition coefficient (Wildman–Crippen LogP) is 1.56. The molecule has 0 radical (unpaired) electrons. The van der Waals surface area contributed by atoms with Crippen molar-refractivity contribution in [1.82, 2.24) is 21.3 Å². The Morgan fingerprint density at radius 2 is 0.727 bits per heavy atom. The van der Waals surface area contributed by atoms with E-state index in [4.69, 9.17) is 0 Å². The zero-order chi connectivity index (χ0) is 25.0. The molecule has 4 amide bonds. The van der Waals surface area contributed by atoms with Crippen molar-refractivity contribution in [2.45, 2.75) is 0 Å². The number of carbonyl (C=O) groups is 4. The molecule has 0 aromatic carbocycles. The number of hydrogen-bond acceptors (Lipinski definition) is 8. The summed E-state index contributed by atoms with van der Waals surface area (Å²) in [5, 5.41) is 11.2. The molecule has 184 valence electrons. The van der Waals surface area contributed by atoms with Crippen LogP contribution in [0.4, 0.5) is 0 Å². The molecular formula is C20H32GeN4O4S4. The van der Waals surface area contributed by atoms with Crippen LogP contribution in [0.15, 0.2) is 50.6 Å². The topological polar surface area (TPSA) is 116 Å². The van der Waals surface area contributed by atoms with Crippen molar-refractivity contribution in [3.8, 4) is 0 Å². The van der Waals surface area contributed by atoms with Gasteiger partial charge in [0.1, 0.15) is 0 Å². The van der Waals surface area contributed by atoms with E-state index >= 15 is 0 Å². The Hall–Kier alpha value is -1.22. The fourth-order valence-electron chi connectivity index (χ4n) is 1.94. The normalized spacial score (nSPS) is 10.4. The van der Waals surface area contributed by atoms with Gasteiger partial charge in [-0.05, 0) is 0 Å². The van der Waals surface area contributed by atoms with Gasteiger partial charge in [0, 0.05) is 0 Å². The van der Waals surface area contributed by atoms with Crippen LogP contribution in [-0.2, 0) is 19.2 Å². The third-order valence-corrected chi connectivity index (χ3v) is 42.6. The van der Waals surface area contributed by atoms with E-state index < -0.39 is 8.70 Å². The summed E-state index contributed by atoms with van der Waals surface area (Å²) in [6.45, 7) is 15.9. The van der Waals surface area contributed by atoms with E-state index in [9.17, 15) is 19.2 Å². The van der Waals surface area contributed by atoms with Crippen LogP contribution in [0.5, 0.6) is 0 Å².